The lowest BCUT2D eigenvalue weighted by molar-refractivity contribution is -0.145. The van der Waals surface area contributed by atoms with E-state index in [0.717, 1.165) is 5.01 Å². The van der Waals surface area contributed by atoms with E-state index in [1.165, 1.54) is 7.11 Å². The number of hydrogen-bond acceptors (Lipinski definition) is 5. The number of amides is 2. The highest BCUT2D eigenvalue weighted by Gasteiger charge is 2.38. The summed E-state index contributed by atoms with van der Waals surface area (Å²) >= 11 is 0. The van der Waals surface area contributed by atoms with Crippen LogP contribution in [0, 0.1) is 5.92 Å². The molecule has 0 saturated carbocycles. The van der Waals surface area contributed by atoms with Crippen molar-refractivity contribution in [3.63, 3.8) is 0 Å². The fourth-order valence-corrected chi connectivity index (χ4v) is 2.05. The van der Waals surface area contributed by atoms with Crippen LogP contribution in [-0.2, 0) is 9.53 Å². The van der Waals surface area contributed by atoms with Gasteiger partial charge in [0.05, 0.1) is 18.2 Å². The molecular weight excluding hydrogens is 260 g/mol. The van der Waals surface area contributed by atoms with Crippen LogP contribution in [0.15, 0.2) is 24.3 Å². The average molecular weight is 276 g/mol. The van der Waals surface area contributed by atoms with Crippen LogP contribution in [0.1, 0.15) is 34.6 Å². The van der Waals surface area contributed by atoms with E-state index in [4.69, 9.17) is 0 Å². The maximum atomic E-state index is 12.2. The van der Waals surface area contributed by atoms with Gasteiger partial charge in [-0.3, -0.25) is 14.4 Å². The Hall–Kier alpha value is -2.21. The minimum atomic E-state index is -0.762. The van der Waals surface area contributed by atoms with Gasteiger partial charge in [0.2, 0.25) is 0 Å². The molecule has 0 spiro atoms. The number of nitrogens with zero attached hydrogens (tertiary/aromatic N) is 1. The first-order valence-corrected chi connectivity index (χ1v) is 6.29. The lowest BCUT2D eigenvalue weighted by Crippen LogP contribution is -2.53. The fraction of sp³-hybridized carbons (Fsp3) is 0.357. The Morgan fingerprint density at radius 2 is 1.65 bits per heavy atom. The number of imide groups is 1. The summed E-state index contributed by atoms with van der Waals surface area (Å²) in [6.07, 6.45) is 0. The number of benzene rings is 1. The minimum Gasteiger partial charge on any atom is -0.468 e. The molecule has 106 valence electrons. The molecule has 0 saturated heterocycles. The zero-order valence-corrected chi connectivity index (χ0v) is 11.5. The molecule has 0 unspecified atom stereocenters. The highest BCUT2D eigenvalue weighted by molar-refractivity contribution is 6.21. The molecular formula is C14H16N2O4. The summed E-state index contributed by atoms with van der Waals surface area (Å²) in [5, 5.41) is 0.881. The van der Waals surface area contributed by atoms with Crippen molar-refractivity contribution < 1.29 is 19.1 Å². The van der Waals surface area contributed by atoms with Crippen molar-refractivity contribution in [2.24, 2.45) is 5.92 Å². The second-order valence-corrected chi connectivity index (χ2v) is 4.87. The standard InChI is InChI=1S/C14H16N2O4/c1-8(2)11(14(19)20-3)15-16-12(17)9-6-4-5-7-10(9)13(16)18/h4-8,11,15H,1-3H3/t11-/m0/s1. The number of rotatable bonds is 4. The number of carbonyl (C=O) groups is 3. The molecule has 1 aromatic carbocycles. The number of ether oxygens (including phenoxy) is 1. The molecule has 0 aliphatic carbocycles. The van der Waals surface area contributed by atoms with Crippen molar-refractivity contribution in [3.8, 4) is 0 Å². The minimum absolute atomic E-state index is 0.133. The zero-order chi connectivity index (χ0) is 14.9. The Kier molecular flexibility index (Phi) is 3.85. The van der Waals surface area contributed by atoms with Gasteiger partial charge in [-0.05, 0) is 18.1 Å². The summed E-state index contributed by atoms with van der Waals surface area (Å²) in [7, 11) is 1.27. The van der Waals surface area contributed by atoms with E-state index in [9.17, 15) is 14.4 Å². The van der Waals surface area contributed by atoms with Gasteiger partial charge >= 0.3 is 5.97 Å². The van der Waals surface area contributed by atoms with Gasteiger partial charge in [-0.2, -0.15) is 0 Å². The molecule has 0 bridgehead atoms. The second-order valence-electron chi connectivity index (χ2n) is 4.87. The highest BCUT2D eigenvalue weighted by atomic mass is 16.5. The van der Waals surface area contributed by atoms with Gasteiger partial charge < -0.3 is 4.74 Å². The van der Waals surface area contributed by atoms with E-state index < -0.39 is 23.8 Å². The largest absolute Gasteiger partial charge is 0.468 e. The third-order valence-corrected chi connectivity index (χ3v) is 3.18. The summed E-state index contributed by atoms with van der Waals surface area (Å²) in [4.78, 5) is 36.0. The molecule has 6 nitrogen and oxygen atoms in total. The number of fused-ring (bicyclic) bond motifs is 1. The van der Waals surface area contributed by atoms with E-state index in [0.29, 0.717) is 11.1 Å². The number of nitrogens with one attached hydrogen (secondary N) is 1. The van der Waals surface area contributed by atoms with Crippen molar-refractivity contribution in [1.29, 1.82) is 0 Å². The Bertz CT molecular complexity index is 533. The molecule has 1 aliphatic heterocycles. The predicted molar refractivity (Wildman–Crippen MR) is 70.7 cm³/mol. The zero-order valence-electron chi connectivity index (χ0n) is 11.5. The highest BCUT2D eigenvalue weighted by Crippen LogP contribution is 2.21. The van der Waals surface area contributed by atoms with Gasteiger partial charge in [0, 0.05) is 0 Å². The SMILES string of the molecule is COC(=O)[C@@H](NN1C(=O)c2ccccc2C1=O)C(C)C. The Morgan fingerprint density at radius 3 is 2.05 bits per heavy atom. The van der Waals surface area contributed by atoms with E-state index in [1.54, 1.807) is 38.1 Å². The maximum Gasteiger partial charge on any atom is 0.324 e. The number of hydrogen-bond donors (Lipinski definition) is 1. The molecule has 0 fully saturated rings. The summed E-state index contributed by atoms with van der Waals surface area (Å²) in [6.45, 7) is 3.60. The molecule has 0 radical (unpaired) electrons. The van der Waals surface area contributed by atoms with Crippen molar-refractivity contribution in [1.82, 2.24) is 10.4 Å². The molecule has 1 heterocycles. The Morgan fingerprint density at radius 1 is 1.15 bits per heavy atom. The van der Waals surface area contributed by atoms with Gasteiger partial charge in [-0.15, -0.1) is 0 Å². The summed E-state index contributed by atoms with van der Waals surface area (Å²) in [5.41, 5.74) is 3.33. The number of hydrazine groups is 1. The summed E-state index contributed by atoms with van der Waals surface area (Å²) in [6, 6.07) is 5.78. The third kappa shape index (κ3) is 2.30. The second kappa shape index (κ2) is 5.42. The first kappa shape index (κ1) is 14.2. The van der Waals surface area contributed by atoms with Crippen molar-refractivity contribution in [3.05, 3.63) is 35.4 Å². The van der Waals surface area contributed by atoms with Crippen LogP contribution in [0.2, 0.25) is 0 Å². The molecule has 6 heteroatoms. The molecule has 1 N–H and O–H groups in total. The third-order valence-electron chi connectivity index (χ3n) is 3.18. The van der Waals surface area contributed by atoms with Crippen LogP contribution < -0.4 is 5.43 Å². The Balaban J connectivity index is 2.25. The van der Waals surface area contributed by atoms with Crippen molar-refractivity contribution in [2.75, 3.05) is 7.11 Å². The molecule has 1 atom stereocenters. The van der Waals surface area contributed by atoms with E-state index in [-0.39, 0.29) is 5.92 Å². The van der Waals surface area contributed by atoms with Crippen molar-refractivity contribution >= 4 is 17.8 Å². The van der Waals surface area contributed by atoms with Gasteiger partial charge in [0.1, 0.15) is 6.04 Å². The molecule has 20 heavy (non-hydrogen) atoms. The van der Waals surface area contributed by atoms with Crippen LogP contribution in [0.5, 0.6) is 0 Å². The van der Waals surface area contributed by atoms with Crippen LogP contribution >= 0.6 is 0 Å². The Labute approximate surface area is 116 Å². The fourth-order valence-electron chi connectivity index (χ4n) is 2.05. The quantitative estimate of drug-likeness (QED) is 0.655. The van der Waals surface area contributed by atoms with Gasteiger partial charge in [-0.1, -0.05) is 26.0 Å². The summed E-state index contributed by atoms with van der Waals surface area (Å²) < 4.78 is 4.68. The van der Waals surface area contributed by atoms with Crippen LogP contribution in [0.25, 0.3) is 0 Å². The molecule has 1 aliphatic rings. The number of carbonyl (C=O) groups excluding carboxylic acids is 3. The molecule has 2 rings (SSSR count). The van der Waals surface area contributed by atoms with E-state index in [1.807, 2.05) is 0 Å². The predicted octanol–water partition coefficient (Wildman–Crippen LogP) is 0.985. The first-order valence-electron chi connectivity index (χ1n) is 6.29. The van der Waals surface area contributed by atoms with Gasteiger partial charge in [0.15, 0.2) is 0 Å². The molecule has 2 amide bonds. The lowest BCUT2D eigenvalue weighted by Gasteiger charge is -2.24. The van der Waals surface area contributed by atoms with Gasteiger partial charge in [-0.25, -0.2) is 10.4 Å². The summed E-state index contributed by atoms with van der Waals surface area (Å²) in [5.74, 6) is -1.57. The van der Waals surface area contributed by atoms with Crippen LogP contribution in [0.3, 0.4) is 0 Å². The first-order chi connectivity index (χ1) is 9.47. The lowest BCUT2D eigenvalue weighted by atomic mass is 10.1. The monoisotopic (exact) mass is 276 g/mol. The van der Waals surface area contributed by atoms with Crippen LogP contribution in [0.4, 0.5) is 0 Å². The smallest absolute Gasteiger partial charge is 0.324 e. The van der Waals surface area contributed by atoms with Crippen molar-refractivity contribution in [2.45, 2.75) is 19.9 Å². The van der Waals surface area contributed by atoms with Crippen LogP contribution in [-0.4, -0.2) is 35.9 Å². The van der Waals surface area contributed by atoms with E-state index in [2.05, 4.69) is 10.2 Å². The average Bonchev–Trinajstić information content (AvgIpc) is 2.68. The number of methoxy groups -OCH3 is 1. The van der Waals surface area contributed by atoms with Gasteiger partial charge in [0.25, 0.3) is 11.8 Å². The normalized spacial score (nSPS) is 15.5. The van der Waals surface area contributed by atoms with E-state index >= 15 is 0 Å². The number of esters is 1. The molecule has 0 aromatic heterocycles. The maximum absolute atomic E-state index is 12.2. The molecule has 1 aromatic rings. The topological polar surface area (TPSA) is 75.7 Å².